The lowest BCUT2D eigenvalue weighted by Gasteiger charge is -2.11. The van der Waals surface area contributed by atoms with Crippen molar-refractivity contribution in [2.75, 3.05) is 13.2 Å². The number of ether oxygens (including phenoxy) is 2. The van der Waals surface area contributed by atoms with E-state index in [9.17, 15) is 0 Å². The van der Waals surface area contributed by atoms with E-state index in [0.717, 1.165) is 48.4 Å². The molecular weight excluding hydrogens is 214 g/mol. The summed E-state index contributed by atoms with van der Waals surface area (Å²) in [7, 11) is 0. The molecule has 1 aromatic heterocycles. The molecule has 3 rings (SSSR count). The van der Waals surface area contributed by atoms with Gasteiger partial charge < -0.3 is 9.47 Å². The maximum Gasteiger partial charge on any atom is 0.224 e. The van der Waals surface area contributed by atoms with Gasteiger partial charge in [-0.15, -0.1) is 0 Å². The maximum atomic E-state index is 5.82. The first-order valence-electron chi connectivity index (χ1n) is 6.27. The summed E-state index contributed by atoms with van der Waals surface area (Å²) in [6.45, 7) is 3.54. The summed E-state index contributed by atoms with van der Waals surface area (Å²) in [5.74, 6) is 2.39. The summed E-state index contributed by atoms with van der Waals surface area (Å²) >= 11 is 0. The van der Waals surface area contributed by atoms with Gasteiger partial charge >= 0.3 is 0 Å². The fraction of sp³-hybridized carbons (Fsp3) is 0.500. The summed E-state index contributed by atoms with van der Waals surface area (Å²) in [6.07, 6.45) is 5.67. The number of aryl methyl sites for hydroxylation is 1. The number of nitrogens with zero attached hydrogens (tertiary/aromatic N) is 1. The minimum Gasteiger partial charge on any atom is -0.493 e. The van der Waals surface area contributed by atoms with Gasteiger partial charge in [0, 0.05) is 12.1 Å². The van der Waals surface area contributed by atoms with Crippen LogP contribution < -0.4 is 4.74 Å². The van der Waals surface area contributed by atoms with Crippen LogP contribution in [0.5, 0.6) is 5.88 Å². The van der Waals surface area contributed by atoms with Gasteiger partial charge in [0.1, 0.15) is 5.76 Å². The van der Waals surface area contributed by atoms with Gasteiger partial charge in [-0.2, -0.15) is 0 Å². The van der Waals surface area contributed by atoms with Crippen molar-refractivity contribution in [1.29, 1.82) is 0 Å². The molecule has 0 amide bonds. The monoisotopic (exact) mass is 231 g/mol. The van der Waals surface area contributed by atoms with Gasteiger partial charge in [0.05, 0.1) is 18.8 Å². The lowest BCUT2D eigenvalue weighted by Crippen LogP contribution is -2.04. The van der Waals surface area contributed by atoms with Crippen molar-refractivity contribution in [3.05, 3.63) is 29.5 Å². The van der Waals surface area contributed by atoms with Crippen molar-refractivity contribution >= 4 is 5.76 Å². The highest BCUT2D eigenvalue weighted by Crippen LogP contribution is 2.32. The molecule has 1 aromatic rings. The van der Waals surface area contributed by atoms with Gasteiger partial charge in [-0.05, 0) is 43.9 Å². The van der Waals surface area contributed by atoms with E-state index in [0.29, 0.717) is 0 Å². The van der Waals surface area contributed by atoms with Crippen LogP contribution in [-0.2, 0) is 4.74 Å². The average molecular weight is 231 g/mol. The van der Waals surface area contributed by atoms with Gasteiger partial charge in [-0.25, -0.2) is 4.98 Å². The Kier molecular flexibility index (Phi) is 2.75. The highest BCUT2D eigenvalue weighted by Gasteiger charge is 2.23. The molecule has 0 unspecified atom stereocenters. The third-order valence-corrected chi connectivity index (χ3v) is 3.12. The zero-order valence-corrected chi connectivity index (χ0v) is 10.1. The molecule has 90 valence electrons. The second-order valence-electron chi connectivity index (χ2n) is 4.77. The lowest BCUT2D eigenvalue weighted by atomic mass is 10.2. The highest BCUT2D eigenvalue weighted by atomic mass is 16.5. The van der Waals surface area contributed by atoms with Gasteiger partial charge in [0.2, 0.25) is 5.88 Å². The number of aromatic nitrogens is 1. The number of hydrogen-bond acceptors (Lipinski definition) is 3. The quantitative estimate of drug-likeness (QED) is 0.798. The smallest absolute Gasteiger partial charge is 0.224 e. The minimum atomic E-state index is 0.727. The van der Waals surface area contributed by atoms with Crippen molar-refractivity contribution in [2.45, 2.75) is 26.2 Å². The van der Waals surface area contributed by atoms with Crippen molar-refractivity contribution < 1.29 is 9.47 Å². The summed E-state index contributed by atoms with van der Waals surface area (Å²) in [6, 6.07) is 4.05. The van der Waals surface area contributed by atoms with Crippen LogP contribution in [0.15, 0.2) is 18.2 Å². The third-order valence-electron chi connectivity index (χ3n) is 3.12. The molecule has 0 atom stereocenters. The maximum absolute atomic E-state index is 5.82. The van der Waals surface area contributed by atoms with Crippen LogP contribution in [0, 0.1) is 12.8 Å². The summed E-state index contributed by atoms with van der Waals surface area (Å²) in [5, 5.41) is 0. The topological polar surface area (TPSA) is 31.4 Å². The van der Waals surface area contributed by atoms with Gasteiger partial charge in [0.15, 0.2) is 0 Å². The Morgan fingerprint density at radius 2 is 2.29 bits per heavy atom. The first-order chi connectivity index (χ1) is 8.33. The van der Waals surface area contributed by atoms with E-state index in [4.69, 9.17) is 9.47 Å². The SMILES string of the molecule is Cc1ccc(C2=CCCO2)c(OCC2CC2)n1. The molecule has 0 bridgehead atoms. The van der Waals surface area contributed by atoms with Gasteiger partial charge in [-0.3, -0.25) is 0 Å². The molecule has 1 saturated carbocycles. The van der Waals surface area contributed by atoms with Crippen molar-refractivity contribution in [3.63, 3.8) is 0 Å². The Morgan fingerprint density at radius 1 is 1.41 bits per heavy atom. The number of hydrogen-bond donors (Lipinski definition) is 0. The van der Waals surface area contributed by atoms with Crippen molar-refractivity contribution in [2.24, 2.45) is 5.92 Å². The van der Waals surface area contributed by atoms with E-state index in [2.05, 4.69) is 11.1 Å². The van der Waals surface area contributed by atoms with Crippen LogP contribution in [0.25, 0.3) is 5.76 Å². The molecule has 0 N–H and O–H groups in total. The standard InChI is InChI=1S/C14H17NO2/c1-10-4-7-12(13-3-2-8-16-13)14(15-10)17-9-11-5-6-11/h3-4,7,11H,2,5-6,8-9H2,1H3. The zero-order valence-electron chi connectivity index (χ0n) is 10.1. The molecule has 0 radical (unpaired) electrons. The molecule has 3 heteroatoms. The molecule has 2 heterocycles. The Labute approximate surface area is 101 Å². The van der Waals surface area contributed by atoms with Crippen LogP contribution in [0.2, 0.25) is 0 Å². The third kappa shape index (κ3) is 2.43. The predicted molar refractivity (Wildman–Crippen MR) is 65.7 cm³/mol. The average Bonchev–Trinajstić information content (AvgIpc) is 3.00. The molecule has 0 aromatic carbocycles. The second-order valence-corrected chi connectivity index (χ2v) is 4.77. The molecule has 1 aliphatic carbocycles. The second kappa shape index (κ2) is 4.40. The molecule has 3 nitrogen and oxygen atoms in total. The Bertz CT molecular complexity index is 450. The minimum absolute atomic E-state index is 0.727. The van der Waals surface area contributed by atoms with Crippen LogP contribution in [0.1, 0.15) is 30.5 Å². The number of rotatable bonds is 4. The lowest BCUT2D eigenvalue weighted by molar-refractivity contribution is 0.278. The van der Waals surface area contributed by atoms with E-state index in [1.807, 2.05) is 19.1 Å². The van der Waals surface area contributed by atoms with E-state index >= 15 is 0 Å². The van der Waals surface area contributed by atoms with E-state index < -0.39 is 0 Å². The molecule has 17 heavy (non-hydrogen) atoms. The van der Waals surface area contributed by atoms with Crippen LogP contribution in [0.4, 0.5) is 0 Å². The number of pyridine rings is 1. The Balaban J connectivity index is 1.83. The zero-order chi connectivity index (χ0) is 11.7. The Morgan fingerprint density at radius 3 is 3.00 bits per heavy atom. The summed E-state index contributed by atoms with van der Waals surface area (Å²) in [5.41, 5.74) is 1.98. The fourth-order valence-corrected chi connectivity index (χ4v) is 1.92. The molecule has 0 spiro atoms. The largest absolute Gasteiger partial charge is 0.493 e. The first kappa shape index (κ1) is 10.6. The molecule has 0 saturated heterocycles. The van der Waals surface area contributed by atoms with E-state index in [1.165, 1.54) is 12.8 Å². The van der Waals surface area contributed by atoms with Crippen molar-refractivity contribution in [1.82, 2.24) is 4.98 Å². The first-order valence-corrected chi connectivity index (χ1v) is 6.27. The van der Waals surface area contributed by atoms with E-state index in [1.54, 1.807) is 0 Å². The molecule has 1 aliphatic heterocycles. The molecule has 2 aliphatic rings. The van der Waals surface area contributed by atoms with Crippen LogP contribution >= 0.6 is 0 Å². The highest BCUT2D eigenvalue weighted by molar-refractivity contribution is 5.65. The summed E-state index contributed by atoms with van der Waals surface area (Å²) < 4.78 is 11.4. The van der Waals surface area contributed by atoms with Crippen LogP contribution in [0.3, 0.4) is 0 Å². The molecule has 1 fully saturated rings. The van der Waals surface area contributed by atoms with Crippen LogP contribution in [-0.4, -0.2) is 18.2 Å². The fourth-order valence-electron chi connectivity index (χ4n) is 1.92. The molecular formula is C14H17NO2. The summed E-state index contributed by atoms with van der Waals surface area (Å²) in [4.78, 5) is 4.47. The normalized spacial score (nSPS) is 18.8. The predicted octanol–water partition coefficient (Wildman–Crippen LogP) is 2.94. The van der Waals surface area contributed by atoms with Gasteiger partial charge in [-0.1, -0.05) is 0 Å². The van der Waals surface area contributed by atoms with E-state index in [-0.39, 0.29) is 0 Å². The van der Waals surface area contributed by atoms with Gasteiger partial charge in [0.25, 0.3) is 0 Å². The Hall–Kier alpha value is -1.51. The van der Waals surface area contributed by atoms with Crippen molar-refractivity contribution in [3.8, 4) is 5.88 Å².